The van der Waals surface area contributed by atoms with E-state index in [0.29, 0.717) is 18.4 Å². The molecule has 0 aromatic heterocycles. The molecule has 4 nitrogen and oxygen atoms in total. The summed E-state index contributed by atoms with van der Waals surface area (Å²) in [5.41, 5.74) is 2.12. The van der Waals surface area contributed by atoms with E-state index < -0.39 is 5.97 Å². The van der Waals surface area contributed by atoms with Gasteiger partial charge in [-0.25, -0.2) is 0 Å². The Hall–Kier alpha value is -0.870. The standard InChI is InChI=1S/C31H53NO3/c1-20(2)8-6-9-21(3)23-13-14-24-22-11-12-26-29(32-19-7-10-28(34)35)27(33)16-18-31(26,5)25(22)15-17-30(23,24)4/h12,20-25,27,29,32-33H,6-11,13-19H2,1-5H3,(H,34,35)/t21-,22?,23-,24?,25?,27+,29?,30-,31-/m1/s1. The van der Waals surface area contributed by atoms with Crippen molar-refractivity contribution in [2.45, 2.75) is 124 Å². The highest BCUT2D eigenvalue weighted by molar-refractivity contribution is 5.66. The van der Waals surface area contributed by atoms with Gasteiger partial charge in [-0.05, 0) is 110 Å². The van der Waals surface area contributed by atoms with Crippen molar-refractivity contribution < 1.29 is 15.0 Å². The molecule has 0 heterocycles. The number of aliphatic carboxylic acids is 1. The molecule has 35 heavy (non-hydrogen) atoms. The normalized spacial score (nSPS) is 41.6. The first kappa shape index (κ1) is 27.2. The van der Waals surface area contributed by atoms with E-state index in [1.807, 2.05) is 0 Å². The zero-order valence-corrected chi connectivity index (χ0v) is 23.2. The number of carboxylic acids is 1. The third kappa shape index (κ3) is 5.26. The highest BCUT2D eigenvalue weighted by atomic mass is 16.4. The summed E-state index contributed by atoms with van der Waals surface area (Å²) in [4.78, 5) is 10.9. The van der Waals surface area contributed by atoms with Crippen LogP contribution in [-0.2, 0) is 4.79 Å². The third-order valence-corrected chi connectivity index (χ3v) is 11.3. The van der Waals surface area contributed by atoms with Gasteiger partial charge in [0, 0.05) is 6.42 Å². The molecule has 0 radical (unpaired) electrons. The molecule has 3 saturated carbocycles. The Labute approximate surface area is 214 Å². The highest BCUT2D eigenvalue weighted by Gasteiger charge is 2.60. The van der Waals surface area contributed by atoms with Gasteiger partial charge in [-0.2, -0.15) is 0 Å². The molecule has 3 fully saturated rings. The molecule has 9 atom stereocenters. The summed E-state index contributed by atoms with van der Waals surface area (Å²) in [5, 5.41) is 23.5. The molecule has 0 aromatic carbocycles. The fourth-order valence-electron chi connectivity index (χ4n) is 9.52. The number of fused-ring (bicyclic) bond motifs is 5. The summed E-state index contributed by atoms with van der Waals surface area (Å²) >= 11 is 0. The number of carboxylic acid groups (broad SMARTS) is 1. The van der Waals surface area contributed by atoms with Crippen LogP contribution in [0.1, 0.15) is 112 Å². The minimum absolute atomic E-state index is 0.00545. The van der Waals surface area contributed by atoms with Gasteiger partial charge in [-0.3, -0.25) is 4.79 Å². The van der Waals surface area contributed by atoms with Crippen LogP contribution in [0, 0.1) is 46.3 Å². The molecule has 0 aliphatic heterocycles. The molecular formula is C31H53NO3. The molecule has 3 N–H and O–H groups in total. The summed E-state index contributed by atoms with van der Waals surface area (Å²) in [6.07, 6.45) is 15.8. The lowest BCUT2D eigenvalue weighted by Gasteiger charge is -2.59. The van der Waals surface area contributed by atoms with Crippen LogP contribution >= 0.6 is 0 Å². The van der Waals surface area contributed by atoms with Crippen LogP contribution in [0.3, 0.4) is 0 Å². The number of nitrogens with one attached hydrogen (secondary N) is 1. The Morgan fingerprint density at radius 3 is 2.54 bits per heavy atom. The first-order valence-corrected chi connectivity index (χ1v) is 14.9. The van der Waals surface area contributed by atoms with Gasteiger partial charge >= 0.3 is 5.97 Å². The number of aliphatic hydroxyl groups is 1. The first-order valence-electron chi connectivity index (χ1n) is 14.9. The van der Waals surface area contributed by atoms with Gasteiger partial charge in [0.1, 0.15) is 0 Å². The van der Waals surface area contributed by atoms with Crippen molar-refractivity contribution in [1.29, 1.82) is 0 Å². The predicted molar refractivity (Wildman–Crippen MR) is 143 cm³/mol. The molecule has 200 valence electrons. The van der Waals surface area contributed by atoms with Crippen molar-refractivity contribution in [3.05, 3.63) is 11.6 Å². The van der Waals surface area contributed by atoms with Gasteiger partial charge in [-0.1, -0.05) is 60.0 Å². The highest BCUT2D eigenvalue weighted by Crippen LogP contribution is 2.67. The van der Waals surface area contributed by atoms with E-state index in [2.05, 4.69) is 46.0 Å². The van der Waals surface area contributed by atoms with Crippen molar-refractivity contribution >= 4 is 5.97 Å². The minimum atomic E-state index is -0.741. The van der Waals surface area contributed by atoms with Crippen LogP contribution < -0.4 is 5.32 Å². The Bertz CT molecular complexity index is 777. The number of hydrogen-bond donors (Lipinski definition) is 3. The summed E-state index contributed by atoms with van der Waals surface area (Å²) in [6, 6.07) is -0.00545. The summed E-state index contributed by atoms with van der Waals surface area (Å²) in [6.45, 7) is 13.1. The quantitative estimate of drug-likeness (QED) is 0.233. The van der Waals surface area contributed by atoms with E-state index in [-0.39, 0.29) is 24.0 Å². The Morgan fingerprint density at radius 1 is 1.06 bits per heavy atom. The lowest BCUT2D eigenvalue weighted by atomic mass is 9.46. The average molecular weight is 488 g/mol. The largest absolute Gasteiger partial charge is 0.481 e. The molecular weight excluding hydrogens is 434 g/mol. The fourth-order valence-corrected chi connectivity index (χ4v) is 9.52. The zero-order valence-electron chi connectivity index (χ0n) is 23.2. The van der Waals surface area contributed by atoms with Gasteiger partial charge in [0.2, 0.25) is 0 Å². The number of hydrogen-bond acceptors (Lipinski definition) is 3. The van der Waals surface area contributed by atoms with Gasteiger partial charge in [0.15, 0.2) is 0 Å². The van der Waals surface area contributed by atoms with Crippen molar-refractivity contribution in [1.82, 2.24) is 5.32 Å². The van der Waals surface area contributed by atoms with Gasteiger partial charge < -0.3 is 15.5 Å². The molecule has 0 saturated heterocycles. The lowest BCUT2D eigenvalue weighted by molar-refractivity contribution is -0.137. The predicted octanol–water partition coefficient (Wildman–Crippen LogP) is 6.82. The van der Waals surface area contributed by atoms with Crippen LogP contribution in [-0.4, -0.2) is 34.9 Å². The molecule has 4 aliphatic carbocycles. The number of aliphatic hydroxyl groups excluding tert-OH is 1. The smallest absolute Gasteiger partial charge is 0.303 e. The maximum Gasteiger partial charge on any atom is 0.303 e. The number of carbonyl (C=O) groups is 1. The number of rotatable bonds is 10. The van der Waals surface area contributed by atoms with Gasteiger partial charge in [0.25, 0.3) is 0 Å². The summed E-state index contributed by atoms with van der Waals surface area (Å²) in [5.74, 6) is 4.17. The molecule has 0 bridgehead atoms. The van der Waals surface area contributed by atoms with Gasteiger partial charge in [0.05, 0.1) is 12.1 Å². The number of allylic oxidation sites excluding steroid dienone is 1. The lowest BCUT2D eigenvalue weighted by Crippen LogP contribution is -2.57. The van der Waals surface area contributed by atoms with Crippen molar-refractivity contribution in [2.75, 3.05) is 6.54 Å². The van der Waals surface area contributed by atoms with E-state index in [1.54, 1.807) is 0 Å². The van der Waals surface area contributed by atoms with Crippen LogP contribution in [0.4, 0.5) is 0 Å². The second kappa shape index (κ2) is 10.9. The second-order valence-corrected chi connectivity index (χ2v) is 13.8. The van der Waals surface area contributed by atoms with E-state index in [4.69, 9.17) is 5.11 Å². The molecule has 0 amide bonds. The van der Waals surface area contributed by atoms with Crippen molar-refractivity contribution in [3.63, 3.8) is 0 Å². The maximum atomic E-state index is 10.9. The monoisotopic (exact) mass is 487 g/mol. The molecule has 4 unspecified atom stereocenters. The summed E-state index contributed by atoms with van der Waals surface area (Å²) in [7, 11) is 0. The molecule has 4 rings (SSSR count). The maximum absolute atomic E-state index is 10.9. The zero-order chi connectivity index (χ0) is 25.4. The Kier molecular flexibility index (Phi) is 8.43. The van der Waals surface area contributed by atoms with Crippen LogP contribution in [0.15, 0.2) is 11.6 Å². The second-order valence-electron chi connectivity index (χ2n) is 13.8. The van der Waals surface area contributed by atoms with Crippen LogP contribution in [0.2, 0.25) is 0 Å². The van der Waals surface area contributed by atoms with Crippen molar-refractivity contribution in [3.8, 4) is 0 Å². The van der Waals surface area contributed by atoms with Crippen LogP contribution in [0.5, 0.6) is 0 Å². The molecule has 4 aliphatic rings. The first-order chi connectivity index (χ1) is 16.6. The minimum Gasteiger partial charge on any atom is -0.481 e. The van der Waals surface area contributed by atoms with E-state index in [1.165, 1.54) is 56.9 Å². The fraction of sp³-hybridized carbons (Fsp3) is 0.903. The summed E-state index contributed by atoms with van der Waals surface area (Å²) < 4.78 is 0. The van der Waals surface area contributed by atoms with Crippen molar-refractivity contribution in [2.24, 2.45) is 46.3 Å². The van der Waals surface area contributed by atoms with E-state index >= 15 is 0 Å². The third-order valence-electron chi connectivity index (χ3n) is 11.3. The van der Waals surface area contributed by atoms with E-state index in [9.17, 15) is 9.90 Å². The van der Waals surface area contributed by atoms with Gasteiger partial charge in [-0.15, -0.1) is 0 Å². The molecule has 0 aromatic rings. The topological polar surface area (TPSA) is 69.6 Å². The SMILES string of the molecule is CC(C)CCC[C@@H](C)[C@H]1CCC2C3CC=C4C(NCCCC(=O)O)[C@@H](O)CC[C@]4(C)C3CC[C@@]21C. The Morgan fingerprint density at radius 2 is 1.83 bits per heavy atom. The van der Waals surface area contributed by atoms with Crippen LogP contribution in [0.25, 0.3) is 0 Å². The van der Waals surface area contributed by atoms with E-state index in [0.717, 1.165) is 48.3 Å². The average Bonchev–Trinajstić information content (AvgIpc) is 3.15. The molecule has 0 spiro atoms. The Balaban J connectivity index is 1.47. The molecule has 4 heteroatoms.